The summed E-state index contributed by atoms with van der Waals surface area (Å²) in [6.45, 7) is 1.82. The van der Waals surface area contributed by atoms with E-state index in [0.29, 0.717) is 17.5 Å². The van der Waals surface area contributed by atoms with Crippen LogP contribution in [-0.4, -0.2) is 26.7 Å². The van der Waals surface area contributed by atoms with Gasteiger partial charge in [-0.05, 0) is 37.1 Å². The van der Waals surface area contributed by atoms with Gasteiger partial charge in [-0.15, -0.1) is 0 Å². The predicted octanol–water partition coefficient (Wildman–Crippen LogP) is 0.527. The molecule has 0 aromatic heterocycles. The van der Waals surface area contributed by atoms with Crippen LogP contribution in [0.15, 0.2) is 23.1 Å². The second-order valence-corrected chi connectivity index (χ2v) is 5.33. The Morgan fingerprint density at radius 3 is 2.71 bits per heavy atom. The fourth-order valence-corrected chi connectivity index (χ4v) is 2.46. The van der Waals surface area contributed by atoms with E-state index in [4.69, 9.17) is 10.4 Å². The molecule has 0 aliphatic heterocycles. The third-order valence-corrected chi connectivity index (χ3v) is 3.71. The number of hydrogen-bond acceptors (Lipinski definition) is 4. The van der Waals surface area contributed by atoms with Gasteiger partial charge in [-0.3, -0.25) is 0 Å². The number of hydrogen-bond donors (Lipinski definition) is 2. The summed E-state index contributed by atoms with van der Waals surface area (Å²) in [4.78, 5) is 0.131. The summed E-state index contributed by atoms with van der Waals surface area (Å²) in [6.07, 6.45) is 0.370. The molecule has 5 nitrogen and oxygen atoms in total. The normalized spacial score (nSPS) is 11.1. The van der Waals surface area contributed by atoms with Crippen LogP contribution in [0.3, 0.4) is 0 Å². The Labute approximate surface area is 101 Å². The van der Waals surface area contributed by atoms with Crippen molar-refractivity contribution >= 4 is 10.0 Å². The lowest BCUT2D eigenvalue weighted by molar-refractivity contribution is 0.289. The molecule has 0 unspecified atom stereocenters. The zero-order chi connectivity index (χ0) is 12.9. The topological polar surface area (TPSA) is 90.2 Å². The standard InChI is InChI=1S/C11H14N2O3S/c1-9-7-11(4-3-10(9)8-12)17(15,16)13-5-2-6-14/h3-4,7,13-14H,2,5-6H2,1H3. The minimum Gasteiger partial charge on any atom is -0.396 e. The molecular weight excluding hydrogens is 240 g/mol. The lowest BCUT2D eigenvalue weighted by Crippen LogP contribution is -2.25. The van der Waals surface area contributed by atoms with Crippen molar-refractivity contribution in [2.75, 3.05) is 13.2 Å². The van der Waals surface area contributed by atoms with Gasteiger partial charge in [0.15, 0.2) is 0 Å². The Kier molecular flexibility index (Phi) is 4.63. The van der Waals surface area contributed by atoms with Gasteiger partial charge in [0.1, 0.15) is 0 Å². The number of nitrogens with zero attached hydrogens (tertiary/aromatic N) is 1. The fourth-order valence-electron chi connectivity index (χ4n) is 1.30. The van der Waals surface area contributed by atoms with E-state index in [2.05, 4.69) is 4.72 Å². The van der Waals surface area contributed by atoms with E-state index in [-0.39, 0.29) is 18.0 Å². The molecule has 17 heavy (non-hydrogen) atoms. The van der Waals surface area contributed by atoms with Crippen LogP contribution in [0.1, 0.15) is 17.5 Å². The number of aliphatic hydroxyl groups is 1. The Bertz CT molecular complexity index is 532. The van der Waals surface area contributed by atoms with Crippen LogP contribution in [0.25, 0.3) is 0 Å². The maximum Gasteiger partial charge on any atom is 0.240 e. The second kappa shape index (κ2) is 5.77. The smallest absolute Gasteiger partial charge is 0.240 e. The first-order valence-corrected chi connectivity index (χ1v) is 6.61. The van der Waals surface area contributed by atoms with Crippen molar-refractivity contribution in [1.29, 1.82) is 5.26 Å². The zero-order valence-corrected chi connectivity index (χ0v) is 10.3. The van der Waals surface area contributed by atoms with E-state index in [1.165, 1.54) is 18.2 Å². The largest absolute Gasteiger partial charge is 0.396 e. The summed E-state index contributed by atoms with van der Waals surface area (Å²) in [6, 6.07) is 6.31. The lowest BCUT2D eigenvalue weighted by Gasteiger charge is -2.07. The number of aryl methyl sites for hydroxylation is 1. The van der Waals surface area contributed by atoms with Gasteiger partial charge in [-0.25, -0.2) is 13.1 Å². The first-order chi connectivity index (χ1) is 8.01. The molecule has 0 spiro atoms. The highest BCUT2D eigenvalue weighted by molar-refractivity contribution is 7.89. The lowest BCUT2D eigenvalue weighted by atomic mass is 10.1. The third kappa shape index (κ3) is 3.53. The molecule has 0 aliphatic rings. The molecule has 1 rings (SSSR count). The highest BCUT2D eigenvalue weighted by atomic mass is 32.2. The number of benzene rings is 1. The van der Waals surface area contributed by atoms with Gasteiger partial charge in [-0.2, -0.15) is 5.26 Å². The molecule has 0 radical (unpaired) electrons. The van der Waals surface area contributed by atoms with Crippen LogP contribution >= 0.6 is 0 Å². The van der Waals surface area contributed by atoms with Crippen molar-refractivity contribution in [1.82, 2.24) is 4.72 Å². The molecule has 0 saturated heterocycles. The number of rotatable bonds is 5. The van der Waals surface area contributed by atoms with E-state index in [9.17, 15) is 8.42 Å². The summed E-state index contributed by atoms with van der Waals surface area (Å²) in [5.41, 5.74) is 1.08. The molecule has 6 heteroatoms. The molecule has 0 heterocycles. The SMILES string of the molecule is Cc1cc(S(=O)(=O)NCCCO)ccc1C#N. The molecule has 0 saturated carbocycles. The van der Waals surface area contributed by atoms with E-state index < -0.39 is 10.0 Å². The van der Waals surface area contributed by atoms with Crippen LogP contribution in [0.2, 0.25) is 0 Å². The van der Waals surface area contributed by atoms with Crippen LogP contribution in [0.5, 0.6) is 0 Å². The quantitative estimate of drug-likeness (QED) is 0.750. The summed E-state index contributed by atoms with van der Waals surface area (Å²) >= 11 is 0. The molecule has 92 valence electrons. The fraction of sp³-hybridized carbons (Fsp3) is 0.364. The molecule has 0 fully saturated rings. The number of sulfonamides is 1. The third-order valence-electron chi connectivity index (χ3n) is 2.26. The van der Waals surface area contributed by atoms with E-state index in [0.717, 1.165) is 0 Å². The number of nitriles is 1. The maximum atomic E-state index is 11.8. The average Bonchev–Trinajstić information content (AvgIpc) is 2.29. The first-order valence-electron chi connectivity index (χ1n) is 5.12. The Hall–Kier alpha value is -1.42. The summed E-state index contributed by atoms with van der Waals surface area (Å²) in [5.74, 6) is 0. The number of nitrogens with one attached hydrogen (secondary N) is 1. The highest BCUT2D eigenvalue weighted by Gasteiger charge is 2.14. The van der Waals surface area contributed by atoms with E-state index in [1.807, 2.05) is 6.07 Å². The minimum atomic E-state index is -3.55. The monoisotopic (exact) mass is 254 g/mol. The summed E-state index contributed by atoms with van der Waals surface area (Å²) < 4.78 is 25.9. The van der Waals surface area contributed by atoms with E-state index >= 15 is 0 Å². The highest BCUT2D eigenvalue weighted by Crippen LogP contribution is 2.14. The molecular formula is C11H14N2O3S. The van der Waals surface area contributed by atoms with Gasteiger partial charge in [0.25, 0.3) is 0 Å². The van der Waals surface area contributed by atoms with Crippen molar-refractivity contribution in [2.24, 2.45) is 0 Å². The molecule has 0 amide bonds. The van der Waals surface area contributed by atoms with Crippen LogP contribution in [0.4, 0.5) is 0 Å². The van der Waals surface area contributed by atoms with Crippen molar-refractivity contribution in [3.63, 3.8) is 0 Å². The van der Waals surface area contributed by atoms with Gasteiger partial charge < -0.3 is 5.11 Å². The molecule has 1 aromatic carbocycles. The van der Waals surface area contributed by atoms with Crippen molar-refractivity contribution in [2.45, 2.75) is 18.2 Å². The van der Waals surface area contributed by atoms with Gasteiger partial charge >= 0.3 is 0 Å². The zero-order valence-electron chi connectivity index (χ0n) is 9.47. The average molecular weight is 254 g/mol. The Morgan fingerprint density at radius 1 is 1.47 bits per heavy atom. The van der Waals surface area contributed by atoms with Gasteiger partial charge in [0, 0.05) is 13.2 Å². The van der Waals surface area contributed by atoms with Crippen molar-refractivity contribution in [3.8, 4) is 6.07 Å². The molecule has 2 N–H and O–H groups in total. The predicted molar refractivity (Wildman–Crippen MR) is 62.8 cm³/mol. The number of aliphatic hydroxyl groups excluding tert-OH is 1. The summed E-state index contributed by atoms with van der Waals surface area (Å²) in [7, 11) is -3.55. The van der Waals surface area contributed by atoms with Crippen LogP contribution in [0, 0.1) is 18.3 Å². The molecule has 0 bridgehead atoms. The van der Waals surface area contributed by atoms with Crippen molar-refractivity contribution < 1.29 is 13.5 Å². The van der Waals surface area contributed by atoms with Crippen LogP contribution in [-0.2, 0) is 10.0 Å². The van der Waals surface area contributed by atoms with Gasteiger partial charge in [0.2, 0.25) is 10.0 Å². The Balaban J connectivity index is 2.93. The van der Waals surface area contributed by atoms with Gasteiger partial charge in [0.05, 0.1) is 16.5 Å². The molecule has 1 aromatic rings. The van der Waals surface area contributed by atoms with Gasteiger partial charge in [-0.1, -0.05) is 0 Å². The van der Waals surface area contributed by atoms with E-state index in [1.54, 1.807) is 6.92 Å². The summed E-state index contributed by atoms with van der Waals surface area (Å²) in [5, 5.41) is 17.3. The maximum absolute atomic E-state index is 11.8. The molecule has 0 atom stereocenters. The first kappa shape index (κ1) is 13.6. The second-order valence-electron chi connectivity index (χ2n) is 3.56. The van der Waals surface area contributed by atoms with Crippen LogP contribution < -0.4 is 4.72 Å². The minimum absolute atomic E-state index is 0.0606. The van der Waals surface area contributed by atoms with Crippen molar-refractivity contribution in [3.05, 3.63) is 29.3 Å². The Morgan fingerprint density at radius 2 is 2.18 bits per heavy atom. The molecule has 0 aliphatic carbocycles.